The topological polar surface area (TPSA) is 117 Å². The zero-order valence-corrected chi connectivity index (χ0v) is 18.8. The second-order valence-corrected chi connectivity index (χ2v) is 8.30. The summed E-state index contributed by atoms with van der Waals surface area (Å²) in [6.07, 6.45) is 6.03. The van der Waals surface area contributed by atoms with Gasteiger partial charge in [0.05, 0.1) is 24.8 Å². The number of halogens is 3. The van der Waals surface area contributed by atoms with E-state index in [9.17, 15) is 18.0 Å². The fourth-order valence-electron chi connectivity index (χ4n) is 3.77. The van der Waals surface area contributed by atoms with Crippen LogP contribution in [-0.2, 0) is 5.54 Å². The minimum Gasteiger partial charge on any atom is -0.350 e. The first-order chi connectivity index (χ1) is 16.1. The lowest BCUT2D eigenvalue weighted by atomic mass is 9.86. The Bertz CT molecular complexity index is 1180. The van der Waals surface area contributed by atoms with E-state index in [1.807, 2.05) is 34.2 Å². The molecule has 0 unspecified atom stereocenters. The molecule has 3 aromatic rings. The summed E-state index contributed by atoms with van der Waals surface area (Å²) in [6, 6.07) is -1.98. The van der Waals surface area contributed by atoms with Crippen LogP contribution in [-0.4, -0.2) is 74.4 Å². The number of nitrogens with one attached hydrogen (secondary N) is 2. The van der Waals surface area contributed by atoms with E-state index in [1.165, 1.54) is 12.4 Å². The molecule has 1 fully saturated rings. The number of rotatable bonds is 7. The highest BCUT2D eigenvalue weighted by molar-refractivity contribution is 5.92. The molecule has 34 heavy (non-hydrogen) atoms. The molecule has 10 nitrogen and oxygen atoms in total. The van der Waals surface area contributed by atoms with Crippen LogP contribution in [0, 0.1) is 6.92 Å². The average molecular weight is 475 g/mol. The Kier molecular flexibility index (Phi) is 6.11. The van der Waals surface area contributed by atoms with E-state index in [2.05, 4.69) is 30.3 Å². The number of aryl methyl sites for hydroxylation is 1. The van der Waals surface area contributed by atoms with E-state index in [1.54, 1.807) is 19.4 Å². The molecule has 3 aromatic heterocycles. The number of carbonyl (C=O) groups excluding carboxylic acids is 1. The molecule has 0 radical (unpaired) electrons. The molecule has 0 saturated carbocycles. The van der Waals surface area contributed by atoms with Gasteiger partial charge in [-0.05, 0) is 13.8 Å². The van der Waals surface area contributed by atoms with Gasteiger partial charge in [0.25, 0.3) is 5.91 Å². The Balaban J connectivity index is 1.47. The quantitative estimate of drug-likeness (QED) is 0.507. The number of nitrogens with zero attached hydrogens (tertiary/aromatic N) is 7. The number of H-pyrrole nitrogens is 1. The number of anilines is 1. The molecule has 0 bridgehead atoms. The van der Waals surface area contributed by atoms with Crippen LogP contribution >= 0.6 is 0 Å². The third-order valence-electron chi connectivity index (χ3n) is 5.87. The van der Waals surface area contributed by atoms with Crippen LogP contribution in [0.1, 0.15) is 29.5 Å². The maximum atomic E-state index is 12.7. The van der Waals surface area contributed by atoms with E-state index in [-0.39, 0.29) is 11.2 Å². The highest BCUT2D eigenvalue weighted by Crippen LogP contribution is 2.35. The molecule has 13 heteroatoms. The SMILES string of the molecule is C/N=C\CC1(n2cc(-c3cn[nH]c3C)cn2)CN(c2cnc(C(=O)N[C@@H](C)C(F)(F)F)cn2)C1. The minimum absolute atomic E-state index is 0.183. The number of alkyl halides is 3. The predicted octanol–water partition coefficient (Wildman–Crippen LogP) is 2.36. The minimum atomic E-state index is -4.53. The largest absolute Gasteiger partial charge is 0.408 e. The molecule has 1 atom stereocenters. The molecule has 4 heterocycles. The first kappa shape index (κ1) is 23.4. The summed E-state index contributed by atoms with van der Waals surface area (Å²) < 4.78 is 39.9. The van der Waals surface area contributed by atoms with Gasteiger partial charge in [-0.25, -0.2) is 9.97 Å². The van der Waals surface area contributed by atoms with Crippen molar-refractivity contribution in [3.05, 3.63) is 42.4 Å². The predicted molar refractivity (Wildman–Crippen MR) is 119 cm³/mol. The van der Waals surface area contributed by atoms with Crippen LogP contribution in [0.2, 0.25) is 0 Å². The molecular formula is C21H24F3N9O. The van der Waals surface area contributed by atoms with Gasteiger partial charge in [-0.1, -0.05) is 0 Å². The lowest BCUT2D eigenvalue weighted by Crippen LogP contribution is -2.63. The van der Waals surface area contributed by atoms with Crippen LogP contribution < -0.4 is 10.2 Å². The highest BCUT2D eigenvalue weighted by Gasteiger charge is 2.45. The second kappa shape index (κ2) is 8.88. The number of aromatic nitrogens is 6. The third kappa shape index (κ3) is 4.50. The second-order valence-electron chi connectivity index (χ2n) is 8.30. The van der Waals surface area contributed by atoms with Crippen molar-refractivity contribution in [3.8, 4) is 11.1 Å². The Morgan fingerprint density at radius 1 is 1.29 bits per heavy atom. The number of amides is 1. The Hall–Kier alpha value is -3.77. The highest BCUT2D eigenvalue weighted by atomic mass is 19.4. The van der Waals surface area contributed by atoms with Crippen molar-refractivity contribution in [2.24, 2.45) is 4.99 Å². The van der Waals surface area contributed by atoms with E-state index in [0.29, 0.717) is 25.3 Å². The molecule has 1 saturated heterocycles. The van der Waals surface area contributed by atoms with Crippen molar-refractivity contribution in [1.29, 1.82) is 0 Å². The summed E-state index contributed by atoms with van der Waals surface area (Å²) in [5, 5.41) is 13.4. The average Bonchev–Trinajstić information content (AvgIpc) is 3.42. The zero-order valence-electron chi connectivity index (χ0n) is 18.8. The van der Waals surface area contributed by atoms with Gasteiger partial charge in [0.1, 0.15) is 23.1 Å². The van der Waals surface area contributed by atoms with Crippen LogP contribution in [0.15, 0.2) is 36.0 Å². The first-order valence-electron chi connectivity index (χ1n) is 10.5. The smallest absolute Gasteiger partial charge is 0.350 e. The Morgan fingerprint density at radius 2 is 2.06 bits per heavy atom. The zero-order chi connectivity index (χ0) is 24.5. The number of aliphatic imine (C=N–C) groups is 1. The molecule has 1 aliphatic heterocycles. The normalized spacial score (nSPS) is 16.5. The van der Waals surface area contributed by atoms with E-state index in [4.69, 9.17) is 0 Å². The van der Waals surface area contributed by atoms with Crippen molar-refractivity contribution < 1.29 is 18.0 Å². The number of carbonyl (C=O) groups is 1. The summed E-state index contributed by atoms with van der Waals surface area (Å²) in [6.45, 7) is 3.94. The molecule has 1 aliphatic rings. The van der Waals surface area contributed by atoms with Crippen molar-refractivity contribution in [1.82, 2.24) is 35.3 Å². The molecule has 0 spiro atoms. The maximum absolute atomic E-state index is 12.7. The van der Waals surface area contributed by atoms with Crippen LogP contribution in [0.5, 0.6) is 0 Å². The van der Waals surface area contributed by atoms with Gasteiger partial charge in [-0.2, -0.15) is 23.4 Å². The summed E-state index contributed by atoms with van der Waals surface area (Å²) in [5.74, 6) is -0.415. The van der Waals surface area contributed by atoms with Crippen molar-refractivity contribution >= 4 is 17.9 Å². The first-order valence-corrected chi connectivity index (χ1v) is 10.5. The van der Waals surface area contributed by atoms with Gasteiger partial charge in [0, 0.05) is 55.8 Å². The number of hydrogen-bond acceptors (Lipinski definition) is 7. The Labute approximate surface area is 193 Å². The third-order valence-corrected chi connectivity index (χ3v) is 5.87. The van der Waals surface area contributed by atoms with Crippen molar-refractivity contribution in [3.63, 3.8) is 0 Å². The van der Waals surface area contributed by atoms with E-state index >= 15 is 0 Å². The number of aromatic amines is 1. The summed E-state index contributed by atoms with van der Waals surface area (Å²) in [7, 11) is 1.71. The maximum Gasteiger partial charge on any atom is 0.408 e. The molecule has 0 aliphatic carbocycles. The molecule has 0 aromatic carbocycles. The van der Waals surface area contributed by atoms with Crippen LogP contribution in [0.25, 0.3) is 11.1 Å². The molecular weight excluding hydrogens is 451 g/mol. The fraction of sp³-hybridized carbons (Fsp3) is 0.429. The van der Waals surface area contributed by atoms with Crippen molar-refractivity contribution in [2.75, 3.05) is 25.0 Å². The van der Waals surface area contributed by atoms with Gasteiger partial charge >= 0.3 is 6.18 Å². The Morgan fingerprint density at radius 3 is 2.65 bits per heavy atom. The molecule has 180 valence electrons. The number of hydrogen-bond donors (Lipinski definition) is 2. The van der Waals surface area contributed by atoms with E-state index in [0.717, 1.165) is 23.7 Å². The summed E-state index contributed by atoms with van der Waals surface area (Å²) in [4.78, 5) is 26.4. The fourth-order valence-corrected chi connectivity index (χ4v) is 3.77. The summed E-state index contributed by atoms with van der Waals surface area (Å²) in [5.41, 5.74) is 2.33. The lowest BCUT2D eigenvalue weighted by Gasteiger charge is -2.50. The van der Waals surface area contributed by atoms with Gasteiger partial charge in [-0.3, -0.25) is 14.6 Å². The van der Waals surface area contributed by atoms with Crippen LogP contribution in [0.3, 0.4) is 0 Å². The monoisotopic (exact) mass is 475 g/mol. The molecule has 4 rings (SSSR count). The van der Waals surface area contributed by atoms with Gasteiger partial charge in [-0.15, -0.1) is 0 Å². The lowest BCUT2D eigenvalue weighted by molar-refractivity contribution is -0.149. The molecule has 1 amide bonds. The van der Waals surface area contributed by atoms with Gasteiger partial charge in [0.15, 0.2) is 0 Å². The van der Waals surface area contributed by atoms with Gasteiger partial charge in [0.2, 0.25) is 0 Å². The van der Waals surface area contributed by atoms with Gasteiger partial charge < -0.3 is 15.2 Å². The summed E-state index contributed by atoms with van der Waals surface area (Å²) >= 11 is 0. The molecule has 2 N–H and O–H groups in total. The standard InChI is InChI=1S/C21H24F3N9O/c1-13-16(7-28-31-13)15-6-29-33(10-15)20(4-5-25-3)11-32(12-20)18-9-26-17(8-27-18)19(34)30-14(2)21(22,23)24/h5-10,14H,4,11-12H2,1-3H3,(H,28,31)(H,30,34)/b25-5-/t14-/m0/s1. The van der Waals surface area contributed by atoms with Crippen molar-refractivity contribution in [2.45, 2.75) is 38.0 Å². The van der Waals surface area contributed by atoms with E-state index < -0.39 is 18.1 Å². The van der Waals surface area contributed by atoms with Crippen LogP contribution in [0.4, 0.5) is 19.0 Å².